The highest BCUT2D eigenvalue weighted by atomic mass is 32.2. The number of aromatic amines is 1. The van der Waals surface area contributed by atoms with Gasteiger partial charge < -0.3 is 10.1 Å². The highest BCUT2D eigenvalue weighted by molar-refractivity contribution is 7.99. The Morgan fingerprint density at radius 2 is 1.41 bits per heavy atom. The Balaban J connectivity index is 1.18. The summed E-state index contributed by atoms with van der Waals surface area (Å²) in [6.45, 7) is 0. The molecule has 2 aliphatic heterocycles. The number of hydrogen-bond donors (Lipinski definition) is 2. The van der Waals surface area contributed by atoms with Crippen molar-refractivity contribution >= 4 is 46.5 Å². The quantitative estimate of drug-likeness (QED) is 0.255. The van der Waals surface area contributed by atoms with Gasteiger partial charge in [0.15, 0.2) is 5.78 Å². The van der Waals surface area contributed by atoms with Gasteiger partial charge in [-0.15, -0.1) is 0 Å². The molecule has 214 valence electrons. The summed E-state index contributed by atoms with van der Waals surface area (Å²) in [6, 6.07) is 29.3. The molecule has 8 rings (SSSR count). The van der Waals surface area contributed by atoms with Crippen LogP contribution in [0.5, 0.6) is 5.75 Å². The Hall–Kier alpha value is -5.61. The largest absolute Gasteiger partial charge is 0.424 e. The van der Waals surface area contributed by atoms with Crippen LogP contribution in [-0.2, 0) is 7.05 Å². The van der Waals surface area contributed by atoms with Gasteiger partial charge in [-0.05, 0) is 42.0 Å². The van der Waals surface area contributed by atoms with Crippen LogP contribution in [0.4, 0.5) is 22.0 Å². The predicted molar refractivity (Wildman–Crippen MR) is 167 cm³/mol. The molecule has 5 aromatic rings. The zero-order valence-electron chi connectivity index (χ0n) is 23.2. The van der Waals surface area contributed by atoms with Crippen LogP contribution in [0, 0.1) is 0 Å². The van der Waals surface area contributed by atoms with Crippen molar-refractivity contribution in [3.63, 3.8) is 0 Å². The fourth-order valence-electron chi connectivity index (χ4n) is 6.14. The van der Waals surface area contributed by atoms with Crippen molar-refractivity contribution in [2.75, 3.05) is 10.2 Å². The average Bonchev–Trinajstić information content (AvgIpc) is 3.33. The summed E-state index contributed by atoms with van der Waals surface area (Å²) in [7, 11) is 1.56. The first-order valence-corrected chi connectivity index (χ1v) is 14.7. The van der Waals surface area contributed by atoms with E-state index in [2.05, 4.69) is 10.3 Å². The molecule has 10 heteroatoms. The van der Waals surface area contributed by atoms with Gasteiger partial charge in [-0.2, -0.15) is 0 Å². The second-order valence-electron chi connectivity index (χ2n) is 10.6. The number of aromatic nitrogens is 2. The summed E-state index contributed by atoms with van der Waals surface area (Å²) in [6.07, 6.45) is -0.567. The first-order chi connectivity index (χ1) is 21.4. The minimum atomic E-state index is -0.765. The maximum atomic E-state index is 13.7. The van der Waals surface area contributed by atoms with Crippen molar-refractivity contribution in [3.8, 4) is 5.75 Å². The van der Waals surface area contributed by atoms with Crippen molar-refractivity contribution in [1.82, 2.24) is 9.55 Å². The molecule has 1 aliphatic carbocycles. The molecule has 44 heavy (non-hydrogen) atoms. The number of ether oxygens (including phenoxy) is 1. The minimum absolute atomic E-state index is 0.192. The standard InChI is InChI=1S/C34H22N4O5S/c1-37-31-28(32(40)36-33(37)41)26(27-29(35-31)20-8-2-3-9-21(20)30(27)39)18-14-16-19(17-15-18)43-34(42)38-22-10-4-6-12-24(22)44-25-13-7-5-11-23(25)38/h2-17,26,35H,1H3,(H,36,40,41)/t26-/m1/s1. The molecule has 0 fully saturated rings. The highest BCUT2D eigenvalue weighted by Crippen LogP contribution is 2.49. The van der Waals surface area contributed by atoms with Crippen LogP contribution >= 0.6 is 11.8 Å². The SMILES string of the molecule is Cn1c2c(c(=O)[nH]c1=O)[C@H](c1ccc(OC(=O)N3c4ccccc4Sc4ccccc43)cc1)C1=C(N2)c2ccccc2C1=O. The number of amides is 1. The van der Waals surface area contributed by atoms with E-state index in [4.69, 9.17) is 4.74 Å². The van der Waals surface area contributed by atoms with Gasteiger partial charge in [0.25, 0.3) is 5.56 Å². The minimum Gasteiger partial charge on any atom is -0.410 e. The van der Waals surface area contributed by atoms with E-state index in [1.165, 1.54) is 4.57 Å². The van der Waals surface area contributed by atoms with Crippen LogP contribution < -0.4 is 26.2 Å². The molecule has 9 nitrogen and oxygen atoms in total. The number of carbonyl (C=O) groups is 2. The Morgan fingerprint density at radius 1 is 0.795 bits per heavy atom. The number of anilines is 3. The molecule has 0 saturated carbocycles. The van der Waals surface area contributed by atoms with E-state index >= 15 is 0 Å². The molecule has 1 amide bonds. The van der Waals surface area contributed by atoms with E-state index in [1.54, 1.807) is 60.1 Å². The maximum absolute atomic E-state index is 13.7. The predicted octanol–water partition coefficient (Wildman–Crippen LogP) is 6.04. The molecule has 3 heterocycles. The van der Waals surface area contributed by atoms with Crippen LogP contribution in [0.2, 0.25) is 0 Å². The van der Waals surface area contributed by atoms with Gasteiger partial charge in [0.1, 0.15) is 11.6 Å². The number of H-pyrrole nitrogens is 1. The number of hydrogen-bond acceptors (Lipinski definition) is 7. The number of carbonyl (C=O) groups excluding carboxylic acids is 2. The van der Waals surface area contributed by atoms with Gasteiger partial charge in [0.2, 0.25) is 0 Å². The number of para-hydroxylation sites is 2. The number of nitrogens with one attached hydrogen (secondary N) is 2. The maximum Gasteiger partial charge on any atom is 0.424 e. The molecule has 4 aromatic carbocycles. The number of allylic oxidation sites excluding steroid dienone is 1. The second-order valence-corrected chi connectivity index (χ2v) is 11.7. The van der Waals surface area contributed by atoms with E-state index in [0.717, 1.165) is 21.2 Å². The van der Waals surface area contributed by atoms with Crippen molar-refractivity contribution in [2.24, 2.45) is 7.05 Å². The molecular weight excluding hydrogens is 576 g/mol. The summed E-state index contributed by atoms with van der Waals surface area (Å²) in [5.74, 6) is -0.337. The van der Waals surface area contributed by atoms with Gasteiger partial charge in [-0.25, -0.2) is 14.5 Å². The number of rotatable bonds is 2. The van der Waals surface area contributed by atoms with Crippen LogP contribution in [-0.4, -0.2) is 21.4 Å². The lowest BCUT2D eigenvalue weighted by Crippen LogP contribution is -2.37. The Bertz CT molecular complexity index is 2170. The van der Waals surface area contributed by atoms with Gasteiger partial charge in [0.05, 0.1) is 22.6 Å². The number of Topliss-reactive ketones (excluding diaryl/α,β-unsaturated/α-hetero) is 1. The van der Waals surface area contributed by atoms with E-state index in [9.17, 15) is 19.2 Å². The molecule has 0 radical (unpaired) electrons. The molecule has 0 saturated heterocycles. The van der Waals surface area contributed by atoms with Crippen LogP contribution in [0.3, 0.4) is 0 Å². The third-order valence-electron chi connectivity index (χ3n) is 8.17. The van der Waals surface area contributed by atoms with Gasteiger partial charge in [0, 0.05) is 39.5 Å². The first kappa shape index (κ1) is 26.1. The highest BCUT2D eigenvalue weighted by Gasteiger charge is 2.42. The van der Waals surface area contributed by atoms with Crippen LogP contribution in [0.15, 0.2) is 122 Å². The molecule has 0 spiro atoms. The molecule has 0 unspecified atom stereocenters. The lowest BCUT2D eigenvalue weighted by atomic mass is 9.81. The fraction of sp³-hybridized carbons (Fsp3) is 0.0588. The first-order valence-electron chi connectivity index (χ1n) is 13.9. The number of ketones is 1. The second kappa shape index (κ2) is 9.72. The van der Waals surface area contributed by atoms with E-state index in [-0.39, 0.29) is 11.3 Å². The summed E-state index contributed by atoms with van der Waals surface area (Å²) in [5, 5.41) is 3.21. The van der Waals surface area contributed by atoms with Crippen molar-refractivity contribution in [2.45, 2.75) is 15.7 Å². The average molecular weight is 599 g/mol. The number of benzene rings is 4. The van der Waals surface area contributed by atoms with E-state index in [0.29, 0.717) is 39.5 Å². The van der Waals surface area contributed by atoms with Gasteiger partial charge >= 0.3 is 11.8 Å². The van der Waals surface area contributed by atoms with Crippen molar-refractivity contribution < 1.29 is 14.3 Å². The normalized spacial score (nSPS) is 15.9. The Kier molecular flexibility index (Phi) is 5.75. The van der Waals surface area contributed by atoms with Crippen molar-refractivity contribution in [3.05, 3.63) is 146 Å². The smallest absolute Gasteiger partial charge is 0.410 e. The molecule has 0 bridgehead atoms. The summed E-state index contributed by atoms with van der Waals surface area (Å²) >= 11 is 1.59. The van der Waals surface area contributed by atoms with E-state index in [1.807, 2.05) is 60.7 Å². The zero-order valence-corrected chi connectivity index (χ0v) is 24.0. The number of nitrogens with zero attached hydrogens (tertiary/aromatic N) is 2. The van der Waals surface area contributed by atoms with Crippen molar-refractivity contribution in [1.29, 1.82) is 0 Å². The molecule has 2 N–H and O–H groups in total. The number of fused-ring (bicyclic) bond motifs is 5. The van der Waals surface area contributed by atoms with Gasteiger partial charge in [-0.1, -0.05) is 72.4 Å². The lowest BCUT2D eigenvalue weighted by Gasteiger charge is -2.30. The molecular formula is C34H22N4O5S. The third-order valence-corrected chi connectivity index (χ3v) is 9.30. The van der Waals surface area contributed by atoms with E-state index < -0.39 is 23.3 Å². The zero-order chi connectivity index (χ0) is 30.1. The third kappa shape index (κ3) is 3.81. The van der Waals surface area contributed by atoms with Crippen LogP contribution in [0.25, 0.3) is 5.70 Å². The molecule has 1 atom stereocenters. The summed E-state index contributed by atoms with van der Waals surface area (Å²) in [5.41, 5.74) is 3.43. The topological polar surface area (TPSA) is 114 Å². The summed E-state index contributed by atoms with van der Waals surface area (Å²) < 4.78 is 7.20. The lowest BCUT2D eigenvalue weighted by molar-refractivity contribution is 0.103. The Morgan fingerprint density at radius 3 is 2.09 bits per heavy atom. The monoisotopic (exact) mass is 598 g/mol. The van der Waals surface area contributed by atoms with Crippen LogP contribution in [0.1, 0.15) is 33.0 Å². The summed E-state index contributed by atoms with van der Waals surface area (Å²) in [4.78, 5) is 58.9. The molecule has 3 aliphatic rings. The molecule has 1 aromatic heterocycles. The Labute approximate surface area is 254 Å². The van der Waals surface area contributed by atoms with Gasteiger partial charge in [-0.3, -0.25) is 19.1 Å². The fourth-order valence-corrected chi connectivity index (χ4v) is 7.20.